The quantitative estimate of drug-likeness (QED) is 0.724. The summed E-state index contributed by atoms with van der Waals surface area (Å²) in [5.41, 5.74) is 3.39. The lowest BCUT2D eigenvalue weighted by Gasteiger charge is -2.36. The minimum absolute atomic E-state index is 0.620. The lowest BCUT2D eigenvalue weighted by Crippen LogP contribution is -2.37. The summed E-state index contributed by atoms with van der Waals surface area (Å²) in [6.07, 6.45) is 4.26. The van der Waals surface area contributed by atoms with Crippen molar-refractivity contribution in [2.75, 3.05) is 20.1 Å². The van der Waals surface area contributed by atoms with E-state index >= 15 is 0 Å². The van der Waals surface area contributed by atoms with Crippen LogP contribution in [0.25, 0.3) is 0 Å². The fourth-order valence-corrected chi connectivity index (χ4v) is 3.48. The third kappa shape index (κ3) is 2.36. The number of nitrogens with zero attached hydrogens (tertiary/aromatic N) is 1. The maximum absolute atomic E-state index is 5.84. The van der Waals surface area contributed by atoms with Crippen LogP contribution in [0.1, 0.15) is 36.3 Å². The van der Waals surface area contributed by atoms with Gasteiger partial charge in [0.1, 0.15) is 0 Å². The number of benzene rings is 1. The van der Waals surface area contributed by atoms with Crippen molar-refractivity contribution in [2.45, 2.75) is 31.1 Å². The van der Waals surface area contributed by atoms with Crippen LogP contribution in [0.3, 0.4) is 0 Å². The monoisotopic (exact) mass is 249 g/mol. The van der Waals surface area contributed by atoms with Gasteiger partial charge in [0.15, 0.2) is 0 Å². The molecule has 0 radical (unpaired) electrons. The Bertz CT molecular complexity index is 394. The predicted molar refractivity (Wildman–Crippen MR) is 72.5 cm³/mol. The molecule has 1 aromatic carbocycles. The molecule has 0 bridgehead atoms. The SMILES string of the molecule is CN1C[C@@H](c2ccc(CCl)cc2)CC2(CC2)C1. The number of alkyl halides is 1. The molecule has 3 rings (SSSR count). The fourth-order valence-electron chi connectivity index (χ4n) is 3.31. The molecule has 2 aliphatic rings. The van der Waals surface area contributed by atoms with Crippen molar-refractivity contribution >= 4 is 11.6 Å². The zero-order valence-electron chi connectivity index (χ0n) is 10.5. The van der Waals surface area contributed by atoms with Crippen LogP contribution >= 0.6 is 11.6 Å². The molecule has 1 heterocycles. The van der Waals surface area contributed by atoms with Crippen molar-refractivity contribution in [3.8, 4) is 0 Å². The summed E-state index contributed by atoms with van der Waals surface area (Å²) >= 11 is 5.84. The zero-order valence-corrected chi connectivity index (χ0v) is 11.2. The second kappa shape index (κ2) is 4.29. The van der Waals surface area contributed by atoms with Gasteiger partial charge in [-0.3, -0.25) is 0 Å². The normalized spacial score (nSPS) is 27.3. The summed E-state index contributed by atoms with van der Waals surface area (Å²) in [6, 6.07) is 8.91. The summed E-state index contributed by atoms with van der Waals surface area (Å²) in [4.78, 5) is 2.51. The maximum Gasteiger partial charge on any atom is 0.0474 e. The molecule has 1 aliphatic heterocycles. The highest BCUT2D eigenvalue weighted by Crippen LogP contribution is 2.54. The average molecular weight is 250 g/mol. The van der Waals surface area contributed by atoms with E-state index in [1.165, 1.54) is 43.5 Å². The smallest absolute Gasteiger partial charge is 0.0474 e. The molecule has 0 amide bonds. The summed E-state index contributed by atoms with van der Waals surface area (Å²) in [7, 11) is 2.26. The largest absolute Gasteiger partial charge is 0.305 e. The molecule has 2 fully saturated rings. The lowest BCUT2D eigenvalue weighted by atomic mass is 9.82. The van der Waals surface area contributed by atoms with Gasteiger partial charge in [-0.25, -0.2) is 0 Å². The summed E-state index contributed by atoms with van der Waals surface area (Å²) in [5, 5.41) is 0. The number of hydrogen-bond acceptors (Lipinski definition) is 1. The Morgan fingerprint density at radius 2 is 2.00 bits per heavy atom. The van der Waals surface area contributed by atoms with Crippen molar-refractivity contribution in [3.63, 3.8) is 0 Å². The molecule has 1 aromatic rings. The highest BCUT2D eigenvalue weighted by Gasteiger charge is 2.47. The van der Waals surface area contributed by atoms with Crippen molar-refractivity contribution in [1.29, 1.82) is 0 Å². The van der Waals surface area contributed by atoms with E-state index in [9.17, 15) is 0 Å². The van der Waals surface area contributed by atoms with Gasteiger partial charge in [-0.1, -0.05) is 24.3 Å². The molecule has 0 aromatic heterocycles. The Labute approximate surface area is 109 Å². The van der Waals surface area contributed by atoms with E-state index < -0.39 is 0 Å². The van der Waals surface area contributed by atoms with E-state index in [1.807, 2.05) is 0 Å². The Morgan fingerprint density at radius 1 is 1.29 bits per heavy atom. The van der Waals surface area contributed by atoms with Crippen LogP contribution in [-0.2, 0) is 5.88 Å². The second-order valence-electron chi connectivity index (χ2n) is 5.97. The Hall–Kier alpha value is -0.530. The first-order chi connectivity index (χ1) is 8.21. The van der Waals surface area contributed by atoms with E-state index in [0.717, 1.165) is 5.92 Å². The molecule has 92 valence electrons. The number of rotatable bonds is 2. The summed E-state index contributed by atoms with van der Waals surface area (Å²) in [6.45, 7) is 2.52. The molecule has 1 nitrogen and oxygen atoms in total. The maximum atomic E-state index is 5.84. The third-order valence-corrected chi connectivity index (χ3v) is 4.69. The highest BCUT2D eigenvalue weighted by molar-refractivity contribution is 6.17. The van der Waals surface area contributed by atoms with Gasteiger partial charge in [0.05, 0.1) is 0 Å². The van der Waals surface area contributed by atoms with Crippen molar-refractivity contribution in [1.82, 2.24) is 4.90 Å². The van der Waals surface area contributed by atoms with E-state index in [0.29, 0.717) is 11.3 Å². The molecular weight excluding hydrogens is 230 g/mol. The van der Waals surface area contributed by atoms with Gasteiger partial charge in [0, 0.05) is 19.0 Å². The minimum Gasteiger partial charge on any atom is -0.305 e. The zero-order chi connectivity index (χ0) is 11.9. The first kappa shape index (κ1) is 11.6. The van der Waals surface area contributed by atoms with Crippen LogP contribution in [-0.4, -0.2) is 25.0 Å². The molecule has 1 aliphatic carbocycles. The van der Waals surface area contributed by atoms with Crippen LogP contribution in [0.5, 0.6) is 0 Å². The van der Waals surface area contributed by atoms with E-state index in [4.69, 9.17) is 11.6 Å². The van der Waals surface area contributed by atoms with E-state index in [2.05, 4.69) is 36.2 Å². The topological polar surface area (TPSA) is 3.24 Å². The van der Waals surface area contributed by atoms with Gasteiger partial charge in [-0.15, -0.1) is 11.6 Å². The van der Waals surface area contributed by atoms with Gasteiger partial charge in [-0.2, -0.15) is 0 Å². The number of piperidine rings is 1. The molecule has 0 unspecified atom stereocenters. The molecule has 1 atom stereocenters. The standard InChI is InChI=1S/C15H20ClN/c1-17-10-14(8-15(11-17)6-7-15)13-4-2-12(9-16)3-5-13/h2-5,14H,6-11H2,1H3/t14-/m0/s1. The molecule has 0 N–H and O–H groups in total. The number of likely N-dealkylation sites (N-methyl/N-ethyl adjacent to an activating group) is 1. The lowest BCUT2D eigenvalue weighted by molar-refractivity contribution is 0.172. The van der Waals surface area contributed by atoms with Crippen LogP contribution in [0.2, 0.25) is 0 Å². The van der Waals surface area contributed by atoms with Crippen LogP contribution < -0.4 is 0 Å². The van der Waals surface area contributed by atoms with Gasteiger partial charge in [0.25, 0.3) is 0 Å². The number of likely N-dealkylation sites (tertiary alicyclic amines) is 1. The Balaban J connectivity index is 1.78. The highest BCUT2D eigenvalue weighted by atomic mass is 35.5. The third-order valence-electron chi connectivity index (χ3n) is 4.38. The fraction of sp³-hybridized carbons (Fsp3) is 0.600. The van der Waals surface area contributed by atoms with Crippen LogP contribution in [0.15, 0.2) is 24.3 Å². The predicted octanol–water partition coefficient (Wildman–Crippen LogP) is 3.62. The van der Waals surface area contributed by atoms with Crippen molar-refractivity contribution in [2.24, 2.45) is 5.41 Å². The first-order valence-electron chi connectivity index (χ1n) is 6.54. The molecule has 17 heavy (non-hydrogen) atoms. The van der Waals surface area contributed by atoms with Gasteiger partial charge < -0.3 is 4.90 Å². The molecule has 1 saturated carbocycles. The van der Waals surface area contributed by atoms with Gasteiger partial charge in [0.2, 0.25) is 0 Å². The van der Waals surface area contributed by atoms with Crippen molar-refractivity contribution < 1.29 is 0 Å². The van der Waals surface area contributed by atoms with E-state index in [1.54, 1.807) is 0 Å². The van der Waals surface area contributed by atoms with Crippen LogP contribution in [0.4, 0.5) is 0 Å². The molecular formula is C15H20ClN. The summed E-state index contributed by atoms with van der Waals surface area (Å²) in [5.74, 6) is 1.34. The Morgan fingerprint density at radius 3 is 2.59 bits per heavy atom. The number of halogens is 1. The Kier molecular flexibility index (Phi) is 2.92. The van der Waals surface area contributed by atoms with Gasteiger partial charge >= 0.3 is 0 Å². The van der Waals surface area contributed by atoms with E-state index in [-0.39, 0.29) is 0 Å². The van der Waals surface area contributed by atoms with Crippen molar-refractivity contribution in [3.05, 3.63) is 35.4 Å². The first-order valence-corrected chi connectivity index (χ1v) is 7.08. The molecule has 1 spiro atoms. The van der Waals surface area contributed by atoms with Gasteiger partial charge in [-0.05, 0) is 48.8 Å². The number of hydrogen-bond donors (Lipinski definition) is 0. The second-order valence-corrected chi connectivity index (χ2v) is 6.24. The molecule has 1 saturated heterocycles. The summed E-state index contributed by atoms with van der Waals surface area (Å²) < 4.78 is 0. The molecule has 2 heteroatoms. The van der Waals surface area contributed by atoms with Crippen LogP contribution in [0, 0.1) is 5.41 Å². The minimum atomic E-state index is 0.620. The average Bonchev–Trinajstić information content (AvgIpc) is 3.07.